The molecule has 1 aromatic carbocycles. The number of carbonyl (C=O) groups excluding carboxylic acids is 2. The smallest absolute Gasteiger partial charge is 0.269 e. The summed E-state index contributed by atoms with van der Waals surface area (Å²) in [6.07, 6.45) is 11.1. The number of hydrogen-bond acceptors (Lipinski definition) is 3. The molecule has 5 nitrogen and oxygen atoms in total. The van der Waals surface area contributed by atoms with Gasteiger partial charge in [0.1, 0.15) is 5.75 Å². The normalized spacial score (nSPS) is 10.9. The van der Waals surface area contributed by atoms with Crippen molar-refractivity contribution in [3.63, 3.8) is 0 Å². The fraction of sp³-hybridized carbons (Fsp3) is 0.368. The highest BCUT2D eigenvalue weighted by molar-refractivity contribution is 5.96. The number of carbonyl (C=O) groups is 2. The number of benzene rings is 1. The second kappa shape index (κ2) is 11.9. The van der Waals surface area contributed by atoms with Gasteiger partial charge in [-0.25, -0.2) is 0 Å². The topological polar surface area (TPSA) is 67.4 Å². The summed E-state index contributed by atoms with van der Waals surface area (Å²) in [5, 5.41) is 0. The van der Waals surface area contributed by atoms with Crippen LogP contribution in [0.3, 0.4) is 0 Å². The molecule has 0 bridgehead atoms. The molecule has 0 aliphatic carbocycles. The molecule has 0 heterocycles. The zero-order chi connectivity index (χ0) is 17.6. The van der Waals surface area contributed by atoms with Gasteiger partial charge in [0.25, 0.3) is 11.8 Å². The number of amides is 2. The van der Waals surface area contributed by atoms with E-state index in [4.69, 9.17) is 4.74 Å². The predicted molar refractivity (Wildman–Crippen MR) is 95.6 cm³/mol. The van der Waals surface area contributed by atoms with Crippen LogP contribution >= 0.6 is 0 Å². The Hall–Kier alpha value is -2.56. The number of hydrogen-bond donors (Lipinski definition) is 2. The Morgan fingerprint density at radius 1 is 1.04 bits per heavy atom. The van der Waals surface area contributed by atoms with E-state index in [1.165, 1.54) is 25.3 Å². The zero-order valence-electron chi connectivity index (χ0n) is 14.4. The largest absolute Gasteiger partial charge is 0.494 e. The number of allylic oxidation sites excluding steroid dienone is 3. The highest BCUT2D eigenvalue weighted by Gasteiger charge is 2.06. The lowest BCUT2D eigenvalue weighted by Crippen LogP contribution is -2.40. The van der Waals surface area contributed by atoms with Gasteiger partial charge in [-0.15, -0.1) is 0 Å². The standard InChI is InChI=1S/C19H26N2O3/c1-3-5-7-9-15-24-17-13-11-16(12-14-17)19(23)21-20-18(22)10-8-6-4-2/h4,6,8,10-14H,3,5,7,9,15H2,1-2H3,(H,20,22)(H,21,23)/b6-4+,10-8+. The Bertz CT molecular complexity index is 562. The number of nitrogens with one attached hydrogen (secondary N) is 2. The van der Waals surface area contributed by atoms with Gasteiger partial charge < -0.3 is 4.74 Å². The Morgan fingerprint density at radius 2 is 1.79 bits per heavy atom. The van der Waals surface area contributed by atoms with E-state index < -0.39 is 5.91 Å². The maximum atomic E-state index is 11.9. The van der Waals surface area contributed by atoms with E-state index in [-0.39, 0.29) is 5.91 Å². The number of unbranched alkanes of at least 4 members (excludes halogenated alkanes) is 3. The first kappa shape index (κ1) is 19.5. The molecular formula is C19H26N2O3. The van der Waals surface area contributed by atoms with Gasteiger partial charge in [0, 0.05) is 11.6 Å². The van der Waals surface area contributed by atoms with Crippen molar-refractivity contribution in [2.24, 2.45) is 0 Å². The van der Waals surface area contributed by atoms with Crippen molar-refractivity contribution in [2.45, 2.75) is 39.5 Å². The fourth-order valence-electron chi connectivity index (χ4n) is 1.91. The Balaban J connectivity index is 2.36. The highest BCUT2D eigenvalue weighted by atomic mass is 16.5. The Kier molecular flexibility index (Phi) is 9.69. The van der Waals surface area contributed by atoms with Gasteiger partial charge in [0.05, 0.1) is 6.61 Å². The Morgan fingerprint density at radius 3 is 2.46 bits per heavy atom. The summed E-state index contributed by atoms with van der Waals surface area (Å²) in [6.45, 7) is 4.70. The van der Waals surface area contributed by atoms with Crippen molar-refractivity contribution in [1.82, 2.24) is 10.9 Å². The first-order valence-electron chi connectivity index (χ1n) is 8.30. The summed E-state index contributed by atoms with van der Waals surface area (Å²) in [5.41, 5.74) is 5.12. The van der Waals surface area contributed by atoms with Crippen LogP contribution in [0.15, 0.2) is 48.6 Å². The van der Waals surface area contributed by atoms with Gasteiger partial charge in [0.2, 0.25) is 0 Å². The minimum Gasteiger partial charge on any atom is -0.494 e. The van der Waals surface area contributed by atoms with Crippen LogP contribution in [0.2, 0.25) is 0 Å². The molecule has 0 aliphatic heterocycles. The molecule has 0 atom stereocenters. The molecule has 1 aromatic rings. The van der Waals surface area contributed by atoms with Crippen LogP contribution in [0.4, 0.5) is 0 Å². The Labute approximate surface area is 143 Å². The molecule has 0 unspecified atom stereocenters. The first-order valence-corrected chi connectivity index (χ1v) is 8.30. The van der Waals surface area contributed by atoms with Gasteiger partial charge >= 0.3 is 0 Å². The van der Waals surface area contributed by atoms with Crippen LogP contribution in [0, 0.1) is 0 Å². The molecule has 1 rings (SSSR count). The second-order valence-corrected chi connectivity index (χ2v) is 5.26. The highest BCUT2D eigenvalue weighted by Crippen LogP contribution is 2.13. The molecule has 24 heavy (non-hydrogen) atoms. The second-order valence-electron chi connectivity index (χ2n) is 5.26. The van der Waals surface area contributed by atoms with Crippen LogP contribution in [-0.2, 0) is 4.79 Å². The fourth-order valence-corrected chi connectivity index (χ4v) is 1.91. The average molecular weight is 330 g/mol. The maximum Gasteiger partial charge on any atom is 0.269 e. The number of ether oxygens (including phenoxy) is 1. The van der Waals surface area contributed by atoms with Gasteiger partial charge in [-0.3, -0.25) is 20.4 Å². The average Bonchev–Trinajstić information content (AvgIpc) is 2.60. The SMILES string of the molecule is C/C=C/C=C/C(=O)NNC(=O)c1ccc(OCCCCCC)cc1. The van der Waals surface area contributed by atoms with Gasteiger partial charge in [-0.05, 0) is 37.6 Å². The lowest BCUT2D eigenvalue weighted by molar-refractivity contribution is -0.117. The summed E-state index contributed by atoms with van der Waals surface area (Å²) < 4.78 is 5.62. The minimum absolute atomic E-state index is 0.378. The minimum atomic E-state index is -0.395. The van der Waals surface area contributed by atoms with Crippen LogP contribution in [-0.4, -0.2) is 18.4 Å². The lowest BCUT2D eigenvalue weighted by atomic mass is 10.2. The third kappa shape index (κ3) is 8.17. The zero-order valence-corrected chi connectivity index (χ0v) is 14.4. The summed E-state index contributed by atoms with van der Waals surface area (Å²) >= 11 is 0. The molecule has 0 saturated heterocycles. The summed E-state index contributed by atoms with van der Waals surface area (Å²) in [6, 6.07) is 6.84. The molecule has 0 aliphatic rings. The molecule has 2 amide bonds. The van der Waals surface area contributed by atoms with E-state index in [1.807, 2.05) is 6.92 Å². The first-order chi connectivity index (χ1) is 11.7. The van der Waals surface area contributed by atoms with Crippen LogP contribution in [0.1, 0.15) is 49.9 Å². The van der Waals surface area contributed by atoms with Gasteiger partial charge in [0.15, 0.2) is 0 Å². The quantitative estimate of drug-likeness (QED) is 0.315. The molecule has 5 heteroatoms. The monoisotopic (exact) mass is 330 g/mol. The molecular weight excluding hydrogens is 304 g/mol. The molecule has 0 fully saturated rings. The van der Waals surface area contributed by atoms with Crippen molar-refractivity contribution in [1.29, 1.82) is 0 Å². The van der Waals surface area contributed by atoms with Crippen LogP contribution < -0.4 is 15.6 Å². The van der Waals surface area contributed by atoms with Crippen molar-refractivity contribution in [3.8, 4) is 5.75 Å². The predicted octanol–water partition coefficient (Wildman–Crippen LogP) is 3.54. The van der Waals surface area contributed by atoms with E-state index in [2.05, 4.69) is 17.8 Å². The van der Waals surface area contributed by atoms with Gasteiger partial charge in [-0.1, -0.05) is 44.4 Å². The van der Waals surface area contributed by atoms with Gasteiger partial charge in [-0.2, -0.15) is 0 Å². The third-order valence-corrected chi connectivity index (χ3v) is 3.23. The van der Waals surface area contributed by atoms with E-state index in [0.717, 1.165) is 12.2 Å². The summed E-state index contributed by atoms with van der Waals surface area (Å²) in [5.74, 6) is -0.0351. The van der Waals surface area contributed by atoms with Crippen molar-refractivity contribution >= 4 is 11.8 Å². The van der Waals surface area contributed by atoms with Crippen molar-refractivity contribution in [3.05, 3.63) is 54.1 Å². The molecule has 0 spiro atoms. The van der Waals surface area contributed by atoms with E-state index >= 15 is 0 Å². The number of hydrazine groups is 1. The van der Waals surface area contributed by atoms with Crippen molar-refractivity contribution in [2.75, 3.05) is 6.61 Å². The number of rotatable bonds is 9. The van der Waals surface area contributed by atoms with Crippen LogP contribution in [0.5, 0.6) is 5.75 Å². The lowest BCUT2D eigenvalue weighted by Gasteiger charge is -2.08. The molecule has 0 saturated carbocycles. The van der Waals surface area contributed by atoms with E-state index in [0.29, 0.717) is 12.2 Å². The van der Waals surface area contributed by atoms with E-state index in [9.17, 15) is 9.59 Å². The van der Waals surface area contributed by atoms with Crippen LogP contribution in [0.25, 0.3) is 0 Å². The molecule has 2 N–H and O–H groups in total. The molecule has 0 aromatic heterocycles. The summed E-state index contributed by atoms with van der Waals surface area (Å²) in [7, 11) is 0. The van der Waals surface area contributed by atoms with Crippen molar-refractivity contribution < 1.29 is 14.3 Å². The summed E-state index contributed by atoms with van der Waals surface area (Å²) in [4.78, 5) is 23.4. The maximum absolute atomic E-state index is 11.9. The molecule has 0 radical (unpaired) electrons. The third-order valence-electron chi connectivity index (χ3n) is 3.23. The molecule has 130 valence electrons. The van der Waals surface area contributed by atoms with E-state index in [1.54, 1.807) is 42.5 Å².